The Morgan fingerprint density at radius 3 is 3.00 bits per heavy atom. The average Bonchev–Trinajstić information content (AvgIpc) is 2.42. The van der Waals surface area contributed by atoms with Crippen molar-refractivity contribution in [2.24, 2.45) is 0 Å². The molecule has 1 aliphatic heterocycles. The van der Waals surface area contributed by atoms with E-state index in [0.717, 1.165) is 32.6 Å². The van der Waals surface area contributed by atoms with Crippen LogP contribution in [0.5, 0.6) is 0 Å². The number of piperazine rings is 1. The van der Waals surface area contributed by atoms with Crippen LogP contribution in [0.25, 0.3) is 0 Å². The summed E-state index contributed by atoms with van der Waals surface area (Å²) in [5.74, 6) is 0.0856. The third kappa shape index (κ3) is 5.30. The monoisotopic (exact) mass is 259 g/mol. The molecule has 6 nitrogen and oxygen atoms in total. The minimum Gasteiger partial charge on any atom is -0.382 e. The molecule has 0 bridgehead atoms. The van der Waals surface area contributed by atoms with Crippen molar-refractivity contribution < 1.29 is 14.3 Å². The van der Waals surface area contributed by atoms with Gasteiger partial charge in [0.2, 0.25) is 5.91 Å². The molecule has 1 atom stereocenters. The summed E-state index contributed by atoms with van der Waals surface area (Å²) in [6, 6.07) is -0.0530. The lowest BCUT2D eigenvalue weighted by Gasteiger charge is -2.34. The van der Waals surface area contributed by atoms with Crippen molar-refractivity contribution >= 4 is 5.91 Å². The normalized spacial score (nSPS) is 20.9. The van der Waals surface area contributed by atoms with Crippen LogP contribution in [-0.2, 0) is 14.3 Å². The predicted octanol–water partition coefficient (Wildman–Crippen LogP) is -0.941. The SMILES string of the molecule is CNC(=O)C1CNCCN1CCCOCCOC. The van der Waals surface area contributed by atoms with Gasteiger partial charge in [-0.2, -0.15) is 0 Å². The third-order valence-corrected chi connectivity index (χ3v) is 3.07. The van der Waals surface area contributed by atoms with Crippen molar-refractivity contribution in [2.75, 3.05) is 60.2 Å². The fourth-order valence-corrected chi connectivity index (χ4v) is 2.05. The molecule has 0 aliphatic carbocycles. The first-order valence-electron chi connectivity index (χ1n) is 6.52. The van der Waals surface area contributed by atoms with Crippen molar-refractivity contribution in [3.05, 3.63) is 0 Å². The fourth-order valence-electron chi connectivity index (χ4n) is 2.05. The smallest absolute Gasteiger partial charge is 0.238 e. The number of carbonyl (C=O) groups excluding carboxylic acids is 1. The predicted molar refractivity (Wildman–Crippen MR) is 69.6 cm³/mol. The number of rotatable bonds is 8. The van der Waals surface area contributed by atoms with Crippen molar-refractivity contribution in [1.82, 2.24) is 15.5 Å². The zero-order chi connectivity index (χ0) is 13.2. The lowest BCUT2D eigenvalue weighted by molar-refractivity contribution is -0.126. The largest absolute Gasteiger partial charge is 0.382 e. The maximum atomic E-state index is 11.7. The van der Waals surface area contributed by atoms with Crippen LogP contribution in [0.4, 0.5) is 0 Å². The van der Waals surface area contributed by atoms with Gasteiger partial charge < -0.3 is 20.1 Å². The molecule has 1 aliphatic rings. The molecule has 0 radical (unpaired) electrons. The van der Waals surface area contributed by atoms with Crippen LogP contribution >= 0.6 is 0 Å². The van der Waals surface area contributed by atoms with Crippen molar-refractivity contribution in [3.63, 3.8) is 0 Å². The van der Waals surface area contributed by atoms with E-state index in [4.69, 9.17) is 9.47 Å². The van der Waals surface area contributed by atoms with Crippen molar-refractivity contribution in [2.45, 2.75) is 12.5 Å². The fraction of sp³-hybridized carbons (Fsp3) is 0.917. The lowest BCUT2D eigenvalue weighted by Crippen LogP contribution is -2.57. The standard InChI is InChI=1S/C12H25N3O3/c1-13-12(16)11-10-14-4-6-15(11)5-3-7-18-9-8-17-2/h11,14H,3-10H2,1-2H3,(H,13,16). The molecule has 1 heterocycles. The number of ether oxygens (including phenoxy) is 2. The molecule has 6 heteroatoms. The van der Waals surface area contributed by atoms with Gasteiger partial charge in [-0.05, 0) is 6.42 Å². The molecule has 0 aromatic heterocycles. The molecule has 18 heavy (non-hydrogen) atoms. The Labute approximate surface area is 109 Å². The number of hydrogen-bond acceptors (Lipinski definition) is 5. The molecule has 0 spiro atoms. The molecular weight excluding hydrogens is 234 g/mol. The first-order valence-corrected chi connectivity index (χ1v) is 6.52. The molecule has 0 aromatic rings. The van der Waals surface area contributed by atoms with Crippen LogP contribution in [0.2, 0.25) is 0 Å². The highest BCUT2D eigenvalue weighted by atomic mass is 16.5. The van der Waals surface area contributed by atoms with Gasteiger partial charge in [0.25, 0.3) is 0 Å². The molecule has 2 N–H and O–H groups in total. The zero-order valence-corrected chi connectivity index (χ0v) is 11.4. The highest BCUT2D eigenvalue weighted by Crippen LogP contribution is 2.04. The van der Waals surface area contributed by atoms with Crippen LogP contribution in [0.1, 0.15) is 6.42 Å². The summed E-state index contributed by atoms with van der Waals surface area (Å²) in [6.45, 7) is 5.46. The van der Waals surface area contributed by atoms with E-state index in [1.807, 2.05) is 0 Å². The van der Waals surface area contributed by atoms with Gasteiger partial charge in [-0.25, -0.2) is 0 Å². The van der Waals surface area contributed by atoms with Gasteiger partial charge in [0.1, 0.15) is 6.04 Å². The van der Waals surface area contributed by atoms with Gasteiger partial charge in [-0.3, -0.25) is 9.69 Å². The van der Waals surface area contributed by atoms with Gasteiger partial charge in [0, 0.05) is 46.9 Å². The number of likely N-dealkylation sites (N-methyl/N-ethyl adjacent to an activating group) is 1. The van der Waals surface area contributed by atoms with Crippen molar-refractivity contribution in [1.29, 1.82) is 0 Å². The number of nitrogens with one attached hydrogen (secondary N) is 2. The molecule has 1 amide bonds. The Morgan fingerprint density at radius 2 is 2.28 bits per heavy atom. The summed E-state index contributed by atoms with van der Waals surface area (Å²) in [6.07, 6.45) is 0.942. The second kappa shape index (κ2) is 9.27. The molecular formula is C12H25N3O3. The van der Waals surface area contributed by atoms with E-state index in [9.17, 15) is 4.79 Å². The Kier molecular flexibility index (Phi) is 7.91. The number of hydrogen-bond donors (Lipinski definition) is 2. The Bertz CT molecular complexity index is 239. The maximum absolute atomic E-state index is 11.7. The van der Waals surface area contributed by atoms with Gasteiger partial charge in [0.05, 0.1) is 13.2 Å². The highest BCUT2D eigenvalue weighted by molar-refractivity contribution is 5.81. The molecule has 0 saturated carbocycles. The van der Waals surface area contributed by atoms with E-state index in [2.05, 4.69) is 15.5 Å². The second-order valence-corrected chi connectivity index (χ2v) is 4.33. The minimum absolute atomic E-state index is 0.0530. The van der Waals surface area contributed by atoms with Crippen LogP contribution in [0.3, 0.4) is 0 Å². The van der Waals surface area contributed by atoms with Crippen LogP contribution in [-0.4, -0.2) is 77.0 Å². The van der Waals surface area contributed by atoms with Crippen LogP contribution < -0.4 is 10.6 Å². The van der Waals surface area contributed by atoms with E-state index in [1.54, 1.807) is 14.2 Å². The number of nitrogens with zero attached hydrogens (tertiary/aromatic N) is 1. The first-order chi connectivity index (χ1) is 8.79. The molecule has 1 fully saturated rings. The summed E-state index contributed by atoms with van der Waals surface area (Å²) in [4.78, 5) is 13.9. The van der Waals surface area contributed by atoms with E-state index >= 15 is 0 Å². The quantitative estimate of drug-likeness (QED) is 0.551. The topological polar surface area (TPSA) is 62.8 Å². The Balaban J connectivity index is 2.19. The summed E-state index contributed by atoms with van der Waals surface area (Å²) in [5.41, 5.74) is 0. The second-order valence-electron chi connectivity index (χ2n) is 4.33. The zero-order valence-electron chi connectivity index (χ0n) is 11.4. The summed E-state index contributed by atoms with van der Waals surface area (Å²) in [5, 5.41) is 5.96. The summed E-state index contributed by atoms with van der Waals surface area (Å²) < 4.78 is 10.3. The highest BCUT2D eigenvalue weighted by Gasteiger charge is 2.27. The number of amides is 1. The lowest BCUT2D eigenvalue weighted by atomic mass is 10.1. The molecule has 0 aromatic carbocycles. The number of carbonyl (C=O) groups is 1. The van der Waals surface area contributed by atoms with Gasteiger partial charge in [-0.15, -0.1) is 0 Å². The summed E-state index contributed by atoms with van der Waals surface area (Å²) in [7, 11) is 3.35. The van der Waals surface area contributed by atoms with Gasteiger partial charge in [-0.1, -0.05) is 0 Å². The van der Waals surface area contributed by atoms with E-state index in [-0.39, 0.29) is 11.9 Å². The molecule has 106 valence electrons. The van der Waals surface area contributed by atoms with Gasteiger partial charge >= 0.3 is 0 Å². The third-order valence-electron chi connectivity index (χ3n) is 3.07. The minimum atomic E-state index is -0.0530. The number of methoxy groups -OCH3 is 1. The Morgan fingerprint density at radius 1 is 1.44 bits per heavy atom. The van der Waals surface area contributed by atoms with Crippen LogP contribution in [0.15, 0.2) is 0 Å². The summed E-state index contributed by atoms with van der Waals surface area (Å²) >= 11 is 0. The van der Waals surface area contributed by atoms with Crippen molar-refractivity contribution in [3.8, 4) is 0 Å². The van der Waals surface area contributed by atoms with Gasteiger partial charge in [0.15, 0.2) is 0 Å². The van der Waals surface area contributed by atoms with Crippen LogP contribution in [0, 0.1) is 0 Å². The molecule has 1 rings (SSSR count). The van der Waals surface area contributed by atoms with E-state index < -0.39 is 0 Å². The first kappa shape index (κ1) is 15.4. The maximum Gasteiger partial charge on any atom is 0.238 e. The average molecular weight is 259 g/mol. The van der Waals surface area contributed by atoms with E-state index in [1.165, 1.54) is 0 Å². The molecule has 1 unspecified atom stereocenters. The Hall–Kier alpha value is -0.690. The molecule has 1 saturated heterocycles. The van der Waals surface area contributed by atoms with E-state index in [0.29, 0.717) is 19.8 Å².